The van der Waals surface area contributed by atoms with E-state index in [1.54, 1.807) is 0 Å². The summed E-state index contributed by atoms with van der Waals surface area (Å²) >= 11 is 19.1. The smallest absolute Gasteiger partial charge is 0.258 e. The number of thioether (sulfide) groups is 1. The Morgan fingerprint density at radius 1 is 1.13 bits per heavy atom. The molecule has 0 aromatic heterocycles. The fourth-order valence-corrected chi connectivity index (χ4v) is 4.78. The van der Waals surface area contributed by atoms with Gasteiger partial charge in [0, 0.05) is 0 Å². The van der Waals surface area contributed by atoms with Crippen LogP contribution >= 0.6 is 46.6 Å². The normalized spacial score (nSPS) is 22.8. The van der Waals surface area contributed by atoms with E-state index in [1.165, 1.54) is 30.2 Å². The first kappa shape index (κ1) is 17.1. The molecule has 2 atom stereocenters. The van der Waals surface area contributed by atoms with Gasteiger partial charge < -0.3 is 0 Å². The minimum Gasteiger partial charge on any atom is -0.295 e. The quantitative estimate of drug-likeness (QED) is 0.591. The Bertz CT molecular complexity index is 839. The highest BCUT2D eigenvalue weighted by molar-refractivity contribution is 8.03. The second kappa shape index (κ2) is 6.62. The molecule has 23 heavy (non-hydrogen) atoms. The molecule has 6 nitrogen and oxygen atoms in total. The van der Waals surface area contributed by atoms with Crippen LogP contribution in [-0.2, 0) is 10.0 Å². The molecule has 11 heteroatoms. The molecule has 0 bridgehead atoms. The number of benzene rings is 1. The molecular formula is C12H9Cl3N4O2S2. The van der Waals surface area contributed by atoms with Gasteiger partial charge in [0.15, 0.2) is 0 Å². The number of hydrogen-bond donors (Lipinski definition) is 2. The van der Waals surface area contributed by atoms with E-state index in [2.05, 4.69) is 20.2 Å². The molecule has 0 aliphatic carbocycles. The van der Waals surface area contributed by atoms with E-state index in [0.29, 0.717) is 5.84 Å². The van der Waals surface area contributed by atoms with E-state index >= 15 is 0 Å². The number of nitrogens with zero attached hydrogens (tertiary/aromatic N) is 2. The Morgan fingerprint density at radius 2 is 1.87 bits per heavy atom. The van der Waals surface area contributed by atoms with Crippen LogP contribution in [0.15, 0.2) is 38.5 Å². The van der Waals surface area contributed by atoms with Gasteiger partial charge in [-0.1, -0.05) is 40.9 Å². The zero-order valence-corrected chi connectivity index (χ0v) is 15.1. The third kappa shape index (κ3) is 3.52. The highest BCUT2D eigenvalue weighted by atomic mass is 35.5. The Labute approximate surface area is 152 Å². The summed E-state index contributed by atoms with van der Waals surface area (Å²) < 4.78 is 24.8. The molecule has 3 rings (SSSR count). The van der Waals surface area contributed by atoms with Crippen LogP contribution in [0.1, 0.15) is 0 Å². The zero-order chi connectivity index (χ0) is 16.6. The summed E-state index contributed by atoms with van der Waals surface area (Å²) in [7, 11) is -3.95. The van der Waals surface area contributed by atoms with Crippen LogP contribution < -0.4 is 10.3 Å². The predicted molar refractivity (Wildman–Crippen MR) is 94.9 cm³/mol. The average Bonchev–Trinajstić information content (AvgIpc) is 2.97. The van der Waals surface area contributed by atoms with Crippen LogP contribution in [0.2, 0.25) is 15.1 Å². The van der Waals surface area contributed by atoms with Crippen molar-refractivity contribution >= 4 is 68.8 Å². The molecule has 1 aromatic rings. The van der Waals surface area contributed by atoms with Gasteiger partial charge in [-0.15, -0.1) is 16.6 Å². The molecule has 122 valence electrons. The minimum atomic E-state index is -3.95. The van der Waals surface area contributed by atoms with Crippen molar-refractivity contribution in [2.24, 2.45) is 15.9 Å². The number of hydrogen-bond acceptors (Lipinski definition) is 6. The van der Waals surface area contributed by atoms with E-state index in [4.69, 9.17) is 34.8 Å². The van der Waals surface area contributed by atoms with Gasteiger partial charge >= 0.3 is 0 Å². The monoisotopic (exact) mass is 410 g/mol. The summed E-state index contributed by atoms with van der Waals surface area (Å²) in [6.07, 6.45) is 3.29. The fraction of sp³-hybridized carbons (Fsp3) is 0.167. The molecule has 1 aromatic carbocycles. The molecule has 0 unspecified atom stereocenters. The van der Waals surface area contributed by atoms with E-state index in [9.17, 15) is 8.42 Å². The number of nitrogens with one attached hydrogen (secondary N) is 2. The number of halogens is 3. The second-order valence-corrected chi connectivity index (χ2v) is 8.49. The van der Waals surface area contributed by atoms with Crippen molar-refractivity contribution < 1.29 is 8.42 Å². The molecule has 0 spiro atoms. The van der Waals surface area contributed by atoms with Gasteiger partial charge in [0.25, 0.3) is 10.0 Å². The molecule has 0 fully saturated rings. The fourth-order valence-electron chi connectivity index (χ4n) is 1.99. The highest BCUT2D eigenvalue weighted by Crippen LogP contribution is 2.33. The SMILES string of the molecule is O=S(=O)(NNC1=NC=N[C@H]2SC=C[C@@H]12)c1cc(Cl)c(Cl)cc1Cl. The van der Waals surface area contributed by atoms with Gasteiger partial charge in [0.1, 0.15) is 22.4 Å². The molecular weight excluding hydrogens is 403 g/mol. The van der Waals surface area contributed by atoms with Crippen molar-refractivity contribution in [3.63, 3.8) is 0 Å². The van der Waals surface area contributed by atoms with Crippen molar-refractivity contribution in [3.05, 3.63) is 38.7 Å². The van der Waals surface area contributed by atoms with E-state index in [1.807, 2.05) is 11.5 Å². The first-order valence-electron chi connectivity index (χ1n) is 6.22. The van der Waals surface area contributed by atoms with Crippen LogP contribution in [0, 0.1) is 5.92 Å². The Balaban J connectivity index is 1.80. The number of sulfonamides is 1. The lowest BCUT2D eigenvalue weighted by atomic mass is 10.1. The maximum Gasteiger partial charge on any atom is 0.258 e. The van der Waals surface area contributed by atoms with Gasteiger partial charge in [-0.25, -0.2) is 13.4 Å². The van der Waals surface area contributed by atoms with E-state index in [-0.39, 0.29) is 31.3 Å². The number of rotatable bonds is 3. The summed E-state index contributed by atoms with van der Waals surface area (Å²) in [5.41, 5.74) is 2.61. The molecule has 0 amide bonds. The lowest BCUT2D eigenvalue weighted by molar-refractivity contribution is 0.575. The number of hydrazine groups is 1. The molecule has 2 N–H and O–H groups in total. The average molecular weight is 412 g/mol. The van der Waals surface area contributed by atoms with Crippen LogP contribution in [0.5, 0.6) is 0 Å². The highest BCUT2D eigenvalue weighted by Gasteiger charge is 2.30. The van der Waals surface area contributed by atoms with Crippen molar-refractivity contribution in [3.8, 4) is 0 Å². The lowest BCUT2D eigenvalue weighted by Gasteiger charge is -2.21. The summed E-state index contributed by atoms with van der Waals surface area (Å²) in [5, 5.41) is 2.10. The van der Waals surface area contributed by atoms with Crippen molar-refractivity contribution in [1.82, 2.24) is 10.3 Å². The Morgan fingerprint density at radius 3 is 2.65 bits per heavy atom. The van der Waals surface area contributed by atoms with Gasteiger partial charge in [-0.2, -0.15) is 0 Å². The third-order valence-electron chi connectivity index (χ3n) is 3.12. The van der Waals surface area contributed by atoms with Crippen LogP contribution in [0.4, 0.5) is 0 Å². The maximum absolute atomic E-state index is 12.4. The van der Waals surface area contributed by atoms with Gasteiger partial charge in [0.2, 0.25) is 0 Å². The lowest BCUT2D eigenvalue weighted by Crippen LogP contribution is -2.46. The topological polar surface area (TPSA) is 82.9 Å². The summed E-state index contributed by atoms with van der Waals surface area (Å²) in [6.45, 7) is 0. The standard InChI is InChI=1S/C12H9Cl3N4O2S2/c13-7-3-9(15)10(4-8(7)14)23(20,21)19-18-11-6-1-2-22-12(6)17-5-16-11/h1-6,12,19H,(H,16,17,18)/t6-,12-/m0/s1. The summed E-state index contributed by atoms with van der Waals surface area (Å²) in [5.74, 6) is 0.336. The number of amidine groups is 1. The van der Waals surface area contributed by atoms with Gasteiger partial charge in [-0.3, -0.25) is 10.4 Å². The minimum absolute atomic E-state index is 0.0324. The molecule has 2 aliphatic heterocycles. The summed E-state index contributed by atoms with van der Waals surface area (Å²) in [6, 6.07) is 2.46. The maximum atomic E-state index is 12.4. The van der Waals surface area contributed by atoms with Gasteiger partial charge in [0.05, 0.1) is 21.0 Å². The molecule has 2 heterocycles. The molecule has 0 radical (unpaired) electrons. The zero-order valence-electron chi connectivity index (χ0n) is 11.2. The third-order valence-corrected chi connectivity index (χ3v) is 6.56. The van der Waals surface area contributed by atoms with Crippen molar-refractivity contribution in [2.45, 2.75) is 10.3 Å². The van der Waals surface area contributed by atoms with Crippen molar-refractivity contribution in [2.75, 3.05) is 0 Å². The largest absolute Gasteiger partial charge is 0.295 e. The second-order valence-electron chi connectivity index (χ2n) is 4.59. The molecule has 2 aliphatic rings. The molecule has 0 saturated heterocycles. The first-order chi connectivity index (χ1) is 10.9. The Kier molecular flexibility index (Phi) is 4.91. The van der Waals surface area contributed by atoms with Gasteiger partial charge in [-0.05, 0) is 17.5 Å². The van der Waals surface area contributed by atoms with E-state index < -0.39 is 10.0 Å². The number of aliphatic imine (C=N–C) groups is 2. The van der Waals surface area contributed by atoms with Crippen LogP contribution in [0.25, 0.3) is 0 Å². The Hall–Kier alpha value is -0.770. The molecule has 0 saturated carbocycles. The van der Waals surface area contributed by atoms with E-state index in [0.717, 1.165) is 0 Å². The van der Waals surface area contributed by atoms with Crippen LogP contribution in [-0.4, -0.2) is 26.0 Å². The predicted octanol–water partition coefficient (Wildman–Crippen LogP) is 3.07. The summed E-state index contributed by atoms with van der Waals surface area (Å²) in [4.78, 5) is 10.3. The van der Waals surface area contributed by atoms with Crippen molar-refractivity contribution in [1.29, 1.82) is 0 Å². The number of fused-ring (bicyclic) bond motifs is 1. The van der Waals surface area contributed by atoms with Crippen LogP contribution in [0.3, 0.4) is 0 Å². The first-order valence-corrected chi connectivity index (χ1v) is 9.78.